The number of primary amides is 2. The van der Waals surface area contributed by atoms with Gasteiger partial charge in [0.05, 0.1) is 107 Å². The maximum Gasteiger partial charge on any atom is 0.805 e. The molecule has 2 amide bonds. The van der Waals surface area contributed by atoms with E-state index in [-0.39, 0.29) is 69.9 Å². The van der Waals surface area contributed by atoms with Crippen molar-refractivity contribution in [2.24, 2.45) is 45.3 Å². The van der Waals surface area contributed by atoms with Crippen LogP contribution in [0.3, 0.4) is 0 Å². The van der Waals surface area contributed by atoms with Gasteiger partial charge in [0.1, 0.15) is 62.3 Å². The third-order valence-corrected chi connectivity index (χ3v) is 21.1. The monoisotopic (exact) mass is 1860 g/mol. The highest BCUT2D eigenvalue weighted by molar-refractivity contribution is 7.52. The van der Waals surface area contributed by atoms with Crippen LogP contribution < -0.4 is 36.4 Å². The molecule has 2 aromatic carbocycles. The smallest absolute Gasteiger partial charge is 0.468 e. The number of carbonyl (C=O) groups is 13. The van der Waals surface area contributed by atoms with Crippen LogP contribution in [0.15, 0.2) is 73.3 Å². The van der Waals surface area contributed by atoms with E-state index < -0.39 is 219 Å². The van der Waals surface area contributed by atoms with E-state index in [0.717, 1.165) is 39.1 Å². The van der Waals surface area contributed by atoms with Gasteiger partial charge < -0.3 is 99.2 Å². The molecule has 4 heterocycles. The van der Waals surface area contributed by atoms with Gasteiger partial charge in [0.2, 0.25) is 27.9 Å². The molecule has 4 aromatic rings. The van der Waals surface area contributed by atoms with Crippen molar-refractivity contribution < 1.29 is 185 Å². The van der Waals surface area contributed by atoms with Gasteiger partial charge in [-0.2, -0.15) is 0 Å². The average molecular weight is 1860 g/mol. The zero-order valence-electron chi connectivity index (χ0n) is 72.0. The number of hydrogen-bond donors (Lipinski definition) is 9. The van der Waals surface area contributed by atoms with Crippen LogP contribution in [0, 0.1) is 28.1 Å². The molecule has 2 aliphatic rings. The van der Waals surface area contributed by atoms with Crippen LogP contribution in [0.25, 0.3) is 0 Å². The van der Waals surface area contributed by atoms with Gasteiger partial charge in [-0.1, -0.05) is 50.2 Å². The molecule has 0 radical (unpaired) electrons. The Balaban J connectivity index is 0.000000605. The predicted molar refractivity (Wildman–Crippen MR) is 425 cm³/mol. The van der Waals surface area contributed by atoms with Gasteiger partial charge in [0.25, 0.3) is 11.8 Å². The second-order valence-corrected chi connectivity index (χ2v) is 30.7. The van der Waals surface area contributed by atoms with Crippen molar-refractivity contribution in [1.29, 1.82) is 0 Å². The molecule has 126 heavy (non-hydrogen) atoms. The summed E-state index contributed by atoms with van der Waals surface area (Å²) in [5, 5.41) is 51.6. The third-order valence-electron chi connectivity index (χ3n) is 17.1. The molecule has 0 aliphatic carbocycles. The number of esters is 11. The quantitative estimate of drug-likeness (QED) is 0.0128. The molecule has 2 fully saturated rings. The molecule has 2 aromatic heterocycles. The molecule has 53 heteroatoms. The number of hydrogen-bond acceptors (Lipinski definition) is 44. The lowest BCUT2D eigenvalue weighted by Gasteiger charge is -2.31. The summed E-state index contributed by atoms with van der Waals surface area (Å²) in [6.07, 6.45) is -5.21. The maximum absolute atomic E-state index is 14.1. The molecule has 50 nitrogen and oxygen atoms in total. The number of carbonyl (C=O) groups excluding carboxylic acids is 13. The van der Waals surface area contributed by atoms with E-state index in [0.29, 0.717) is 11.5 Å². The summed E-state index contributed by atoms with van der Waals surface area (Å²) >= 11 is 0. The predicted octanol–water partition coefficient (Wildman–Crippen LogP) is 0.871. The Bertz CT molecular complexity index is 4010. The molecule has 13 atom stereocenters. The minimum Gasteiger partial charge on any atom is -0.468 e. The number of nitrogens with one attached hydrogen (secondary N) is 2. The number of amides is 2. The second kappa shape index (κ2) is 55.2. The Hall–Kier alpha value is -10.5. The number of aliphatic hydroxyl groups excluding tert-OH is 4. The van der Waals surface area contributed by atoms with E-state index in [2.05, 4.69) is 54.0 Å². The molecule has 4 unspecified atom stereocenters. The lowest BCUT2D eigenvalue weighted by Crippen LogP contribution is -2.50. The first-order valence-electron chi connectivity index (χ1n) is 38.3. The lowest BCUT2D eigenvalue weighted by atomic mass is 9.90. The summed E-state index contributed by atoms with van der Waals surface area (Å²) in [5.41, 5.74) is 8.55. The molecule has 0 bridgehead atoms. The number of aliphatic hydroxyl groups is 4. The summed E-state index contributed by atoms with van der Waals surface area (Å²) in [4.78, 5) is 163. The van der Waals surface area contributed by atoms with E-state index in [4.69, 9.17) is 92.5 Å². The standard InChI is InChI=1S/C25H40N5O13P.C23H36N5O15P.C12H10O3P.C9H16O6.C4H9NO2/c1-8-38-23(34)25(11-40-17(6)31,24(35)39-9-2)12-42-44(36,29-16(5)22(33)37-7)41-10-18-14(3)15(4)21(43-18)30-13-27-20(28-30)19(26)32;1-6-38-21(34)23(9-40-13(4)29,22(35)39-7-2)10-42-44(36,27-12(3)20(33)37-5)41-8-14-15(30)16(31)19(43-14)28-11-25-18(26-28)17(24)32;13-16(14-11-7-3-1-4-8-11)15-12-9-5-2-6-10-12;1-3-14-7(12)9(5-10,6-11)8(13)15-4-2;1-3(5)4(6)7-2/h13-16,18,21H,8-12H2,1-7H3,(H2,26,32)(H,29,36);11-12,14-16,19,30-31H,6-10H2,1-5H3,(H2,24,32)(H,27,36);1-10H;10-11H,3-6H2,1-2H3;3H,5H2,1-2H3/q;;+1;;/t14?,15-,16-,18+,21+,44?;12-,14+,15?,16-,19+,44?;;;3-/m00..0/s1. The van der Waals surface area contributed by atoms with Crippen LogP contribution in [-0.2, 0) is 146 Å². The Morgan fingerprint density at radius 2 is 0.810 bits per heavy atom. The number of nitrogens with zero attached hydrogens (tertiary/aromatic N) is 6. The van der Waals surface area contributed by atoms with Gasteiger partial charge in [0, 0.05) is 24.3 Å². The van der Waals surface area contributed by atoms with Gasteiger partial charge in [-0.3, -0.25) is 80.4 Å². The van der Waals surface area contributed by atoms with Crippen LogP contribution in [-0.4, -0.2) is 284 Å². The highest BCUT2D eigenvalue weighted by atomic mass is 31.2. The molecule has 12 N–H and O–H groups in total. The number of rotatable bonds is 45. The molecule has 2 saturated heterocycles. The number of para-hydroxylation sites is 2. The molecule has 2 aliphatic heterocycles. The Kier molecular flexibility index (Phi) is 48.8. The van der Waals surface area contributed by atoms with Crippen molar-refractivity contribution in [1.82, 2.24) is 39.7 Å². The van der Waals surface area contributed by atoms with E-state index in [1.165, 1.54) is 59.7 Å². The molecule has 0 saturated carbocycles. The van der Waals surface area contributed by atoms with E-state index in [1.54, 1.807) is 69.3 Å². The Morgan fingerprint density at radius 1 is 0.484 bits per heavy atom. The highest BCUT2D eigenvalue weighted by Crippen LogP contribution is 2.50. The number of aromatic nitrogens is 6. The average Bonchev–Trinajstić information content (AvgIpc) is 1.39. The highest BCUT2D eigenvalue weighted by Gasteiger charge is 2.56. The zero-order valence-corrected chi connectivity index (χ0v) is 74.7. The van der Waals surface area contributed by atoms with Gasteiger partial charge in [-0.15, -0.1) is 10.2 Å². The Labute approximate surface area is 724 Å². The molecule has 706 valence electrons. The fourth-order valence-electron chi connectivity index (χ4n) is 10.0. The van der Waals surface area contributed by atoms with Gasteiger partial charge in [0.15, 0.2) is 24.0 Å². The number of ether oxygens (including phenoxy) is 13. The first-order valence-corrected chi connectivity index (χ1v) is 42.4. The molecular weight excluding hydrogens is 1750 g/mol. The van der Waals surface area contributed by atoms with E-state index in [1.807, 2.05) is 26.0 Å². The summed E-state index contributed by atoms with van der Waals surface area (Å²) in [7, 11) is -8.07. The van der Waals surface area contributed by atoms with E-state index in [9.17, 15) is 86.2 Å². The van der Waals surface area contributed by atoms with Crippen molar-refractivity contribution in [2.75, 3.05) is 114 Å². The van der Waals surface area contributed by atoms with Crippen LogP contribution in [0.5, 0.6) is 11.5 Å². The summed E-state index contributed by atoms with van der Waals surface area (Å²) in [6.45, 7) is 11.5. The van der Waals surface area contributed by atoms with Crippen molar-refractivity contribution in [2.45, 2.75) is 145 Å². The van der Waals surface area contributed by atoms with Crippen LogP contribution >= 0.6 is 23.7 Å². The first-order chi connectivity index (χ1) is 59.4. The van der Waals surface area contributed by atoms with Gasteiger partial charge >= 0.3 is 89.4 Å². The fraction of sp³-hybridized carbons (Fsp3) is 0.603. The van der Waals surface area contributed by atoms with Crippen molar-refractivity contribution >= 4 is 101 Å². The summed E-state index contributed by atoms with van der Waals surface area (Å²) in [6, 6.07) is 14.8. The van der Waals surface area contributed by atoms with Gasteiger partial charge in [-0.25, -0.2) is 47.7 Å². The topological polar surface area (TPSA) is 693 Å². The first kappa shape index (κ1) is 112. The number of methoxy groups -OCH3 is 3. The molecular formula is C73H111N11O39P3+. The largest absolute Gasteiger partial charge is 0.805 e. The SMILES string of the molecule is CCOC(=O)C(CO)(CO)C(=O)OCC.CCOC(=O)C(COC(C)=O)(COP(=O)(N[C@@H](C)C(=O)OC)OC[C@H]1O[C@@H](n2cnc(C(N)=O)n2)[C@@H](C)C1C)C(=O)OCC.CCOC(=O)C(COC(C)=O)(COP(=O)(N[C@@H](C)C(=O)OC)OC[C@H]1O[C@@H](n2cnc(C(N)=O)n2)[C@@H](O)C1O)C(=O)OCC.COC(=O)[C@H](C)N.O=[P+](Oc1ccccc1)Oc1ccccc1. The van der Waals surface area contributed by atoms with Crippen LogP contribution in [0.4, 0.5) is 0 Å². The minimum absolute atomic E-state index is 0.0555. The summed E-state index contributed by atoms with van der Waals surface area (Å²) < 4.78 is 138. The van der Waals surface area contributed by atoms with Crippen LogP contribution in [0.1, 0.15) is 124 Å². The Morgan fingerprint density at radius 3 is 1.10 bits per heavy atom. The molecule has 6 rings (SSSR count). The summed E-state index contributed by atoms with van der Waals surface area (Å²) in [5.74, 6) is -12.3. The zero-order chi connectivity index (χ0) is 95.5. The lowest BCUT2D eigenvalue weighted by molar-refractivity contribution is -0.183. The second-order valence-electron chi connectivity index (χ2n) is 26.3. The number of benzene rings is 2. The van der Waals surface area contributed by atoms with Crippen molar-refractivity contribution in [3.63, 3.8) is 0 Å². The maximum atomic E-state index is 14.1. The fourth-order valence-corrected chi connectivity index (χ4v) is 13.7. The van der Waals surface area contributed by atoms with Crippen molar-refractivity contribution in [3.8, 4) is 11.5 Å². The van der Waals surface area contributed by atoms with Gasteiger partial charge in [-0.05, 0) is 92.5 Å². The number of nitrogens with two attached hydrogens (primary N) is 3. The van der Waals surface area contributed by atoms with Crippen LogP contribution in [0.2, 0.25) is 0 Å². The normalized spacial score (nSPS) is 18.6. The minimum atomic E-state index is -4.78. The third kappa shape index (κ3) is 34.0. The van der Waals surface area contributed by atoms with E-state index >= 15 is 0 Å². The molecule has 0 spiro atoms. The van der Waals surface area contributed by atoms with Crippen molar-refractivity contribution in [3.05, 3.63) is 85.0 Å².